The highest BCUT2D eigenvalue weighted by atomic mass is 16.5. The van der Waals surface area contributed by atoms with E-state index in [1.165, 1.54) is 12.8 Å². The molecule has 2 fully saturated rings. The summed E-state index contributed by atoms with van der Waals surface area (Å²) in [5.41, 5.74) is 1.85. The molecule has 4 nitrogen and oxygen atoms in total. The Morgan fingerprint density at radius 2 is 1.69 bits per heavy atom. The predicted molar refractivity (Wildman–Crippen MR) is 103 cm³/mol. The molecule has 2 aliphatic rings. The Labute approximate surface area is 155 Å². The molecule has 2 aromatic rings. The molecule has 4 heteroatoms. The second kappa shape index (κ2) is 7.92. The normalized spacial score (nSPS) is 24.2. The van der Waals surface area contributed by atoms with Gasteiger partial charge in [-0.25, -0.2) is 0 Å². The van der Waals surface area contributed by atoms with Crippen molar-refractivity contribution in [1.29, 1.82) is 0 Å². The minimum absolute atomic E-state index is 0.114. The van der Waals surface area contributed by atoms with Crippen LogP contribution < -0.4 is 15.4 Å². The maximum atomic E-state index is 12.6. The van der Waals surface area contributed by atoms with Gasteiger partial charge in [0, 0.05) is 29.8 Å². The second-order valence-electron chi connectivity index (χ2n) is 7.49. The van der Waals surface area contributed by atoms with Crippen molar-refractivity contribution < 1.29 is 9.53 Å². The van der Waals surface area contributed by atoms with Crippen molar-refractivity contribution in [1.82, 2.24) is 5.32 Å². The number of fused-ring (bicyclic) bond motifs is 2. The van der Waals surface area contributed by atoms with Crippen molar-refractivity contribution in [3.8, 4) is 5.75 Å². The minimum atomic E-state index is 0.114. The van der Waals surface area contributed by atoms with Gasteiger partial charge in [-0.3, -0.25) is 4.79 Å². The topological polar surface area (TPSA) is 50.4 Å². The van der Waals surface area contributed by atoms with E-state index >= 15 is 0 Å². The summed E-state index contributed by atoms with van der Waals surface area (Å²) < 4.78 is 5.84. The Bertz CT molecular complexity index is 735. The summed E-state index contributed by atoms with van der Waals surface area (Å²) in [6.07, 6.45) is 5.40. The van der Waals surface area contributed by atoms with Crippen LogP contribution in [0.15, 0.2) is 54.6 Å². The molecular formula is C22H26N2O2. The van der Waals surface area contributed by atoms with Gasteiger partial charge >= 0.3 is 0 Å². The lowest BCUT2D eigenvalue weighted by Gasteiger charge is -2.28. The molecule has 0 spiro atoms. The van der Waals surface area contributed by atoms with Gasteiger partial charge in [0.1, 0.15) is 12.4 Å². The highest BCUT2D eigenvalue weighted by molar-refractivity contribution is 5.91. The van der Waals surface area contributed by atoms with E-state index in [9.17, 15) is 4.79 Å². The zero-order valence-corrected chi connectivity index (χ0v) is 15.0. The van der Waals surface area contributed by atoms with Crippen molar-refractivity contribution in [2.45, 2.75) is 50.8 Å². The Balaban J connectivity index is 1.34. The van der Waals surface area contributed by atoms with Crippen molar-refractivity contribution in [3.63, 3.8) is 0 Å². The third kappa shape index (κ3) is 4.25. The van der Waals surface area contributed by atoms with E-state index in [0.717, 1.165) is 29.8 Å². The Morgan fingerprint density at radius 3 is 2.46 bits per heavy atom. The number of benzene rings is 2. The fourth-order valence-corrected chi connectivity index (χ4v) is 4.25. The van der Waals surface area contributed by atoms with Crippen LogP contribution in [0.2, 0.25) is 0 Å². The minimum Gasteiger partial charge on any atom is -0.489 e. The van der Waals surface area contributed by atoms with Crippen LogP contribution >= 0.6 is 0 Å². The molecule has 2 N–H and O–H groups in total. The van der Waals surface area contributed by atoms with Gasteiger partial charge in [-0.15, -0.1) is 0 Å². The number of anilines is 1. The predicted octanol–water partition coefficient (Wildman–Crippen LogP) is 4.12. The maximum absolute atomic E-state index is 12.6. The second-order valence-corrected chi connectivity index (χ2v) is 7.49. The molecular weight excluding hydrogens is 324 g/mol. The van der Waals surface area contributed by atoms with Crippen LogP contribution in [0, 0.1) is 5.92 Å². The van der Waals surface area contributed by atoms with Crippen LogP contribution in [-0.2, 0) is 11.4 Å². The first kappa shape index (κ1) is 17.1. The molecule has 0 radical (unpaired) electrons. The molecule has 2 unspecified atom stereocenters. The summed E-state index contributed by atoms with van der Waals surface area (Å²) >= 11 is 0. The van der Waals surface area contributed by atoms with Crippen LogP contribution in [-0.4, -0.2) is 18.0 Å². The number of amides is 1. The molecule has 2 saturated heterocycles. The van der Waals surface area contributed by atoms with Gasteiger partial charge in [0.25, 0.3) is 0 Å². The molecule has 1 amide bonds. The third-order valence-electron chi connectivity index (χ3n) is 5.47. The lowest BCUT2D eigenvalue weighted by Crippen LogP contribution is -2.39. The number of ether oxygens (including phenoxy) is 1. The van der Waals surface area contributed by atoms with E-state index in [1.807, 2.05) is 54.6 Å². The number of hydrogen-bond acceptors (Lipinski definition) is 3. The summed E-state index contributed by atoms with van der Waals surface area (Å²) in [6.45, 7) is 0.442. The lowest BCUT2D eigenvalue weighted by molar-refractivity contribution is -0.117. The molecule has 2 atom stereocenters. The third-order valence-corrected chi connectivity index (χ3v) is 5.47. The number of piperidine rings is 1. The number of carbonyl (C=O) groups excluding carboxylic acids is 1. The van der Waals surface area contributed by atoms with Crippen molar-refractivity contribution in [3.05, 3.63) is 60.2 Å². The molecule has 4 rings (SSSR count). The fourth-order valence-electron chi connectivity index (χ4n) is 4.25. The van der Waals surface area contributed by atoms with E-state index in [0.29, 0.717) is 31.0 Å². The first-order valence-corrected chi connectivity index (χ1v) is 9.58. The summed E-state index contributed by atoms with van der Waals surface area (Å²) in [4.78, 5) is 12.6. The van der Waals surface area contributed by atoms with E-state index in [4.69, 9.17) is 4.74 Å². The van der Waals surface area contributed by atoms with Crippen LogP contribution in [0.3, 0.4) is 0 Å². The molecule has 136 valence electrons. The zero-order valence-electron chi connectivity index (χ0n) is 15.0. The Kier molecular flexibility index (Phi) is 5.21. The van der Waals surface area contributed by atoms with Crippen LogP contribution in [0.25, 0.3) is 0 Å². The van der Waals surface area contributed by atoms with Gasteiger partial charge in [0.2, 0.25) is 5.91 Å². The molecule has 0 aliphatic carbocycles. The highest BCUT2D eigenvalue weighted by Gasteiger charge is 2.34. The van der Waals surface area contributed by atoms with E-state index < -0.39 is 0 Å². The van der Waals surface area contributed by atoms with E-state index in [-0.39, 0.29) is 5.91 Å². The number of rotatable bonds is 6. The van der Waals surface area contributed by atoms with Gasteiger partial charge in [-0.2, -0.15) is 0 Å². The standard InChI is InChI=1S/C22H26N2O2/c25-22(14-16-12-18-10-11-19(13-16)23-18)24-21-9-5-4-6-17(21)15-26-20-7-2-1-3-8-20/h1-9,16,18-19,23H,10-15H2,(H,24,25). The number of hydrogen-bond donors (Lipinski definition) is 2. The average molecular weight is 350 g/mol. The van der Waals surface area contributed by atoms with Crippen LogP contribution in [0.1, 0.15) is 37.7 Å². The quantitative estimate of drug-likeness (QED) is 0.824. The van der Waals surface area contributed by atoms with Gasteiger partial charge in [0.05, 0.1) is 0 Å². The average Bonchev–Trinajstić information content (AvgIpc) is 3.00. The molecule has 0 aromatic heterocycles. The van der Waals surface area contributed by atoms with Gasteiger partial charge in [0.15, 0.2) is 0 Å². The maximum Gasteiger partial charge on any atom is 0.224 e. The SMILES string of the molecule is O=C(CC1CC2CCC(C1)N2)Nc1ccccc1COc1ccccc1. The lowest BCUT2D eigenvalue weighted by atomic mass is 9.89. The van der Waals surface area contributed by atoms with Crippen LogP contribution in [0.5, 0.6) is 5.75 Å². The zero-order chi connectivity index (χ0) is 17.8. The smallest absolute Gasteiger partial charge is 0.224 e. The van der Waals surface area contributed by atoms with Crippen molar-refractivity contribution >= 4 is 11.6 Å². The van der Waals surface area contributed by atoms with Crippen LogP contribution in [0.4, 0.5) is 5.69 Å². The Hall–Kier alpha value is -2.33. The summed E-state index contributed by atoms with van der Waals surface area (Å²) in [6, 6.07) is 18.9. The molecule has 2 aliphatic heterocycles. The first-order valence-electron chi connectivity index (χ1n) is 9.58. The molecule has 0 saturated carbocycles. The largest absolute Gasteiger partial charge is 0.489 e. The highest BCUT2D eigenvalue weighted by Crippen LogP contribution is 2.33. The summed E-state index contributed by atoms with van der Waals surface area (Å²) in [5, 5.41) is 6.74. The van der Waals surface area contributed by atoms with Gasteiger partial charge < -0.3 is 15.4 Å². The number of para-hydroxylation sites is 2. The monoisotopic (exact) mass is 350 g/mol. The van der Waals surface area contributed by atoms with Gasteiger partial charge in [-0.05, 0) is 49.8 Å². The molecule has 2 aromatic carbocycles. The summed E-state index contributed by atoms with van der Waals surface area (Å²) in [7, 11) is 0. The molecule has 26 heavy (non-hydrogen) atoms. The fraction of sp³-hybridized carbons (Fsp3) is 0.409. The van der Waals surface area contributed by atoms with Crippen molar-refractivity contribution in [2.24, 2.45) is 5.92 Å². The van der Waals surface area contributed by atoms with Gasteiger partial charge in [-0.1, -0.05) is 36.4 Å². The van der Waals surface area contributed by atoms with Crippen molar-refractivity contribution in [2.75, 3.05) is 5.32 Å². The van der Waals surface area contributed by atoms with E-state index in [1.54, 1.807) is 0 Å². The molecule has 2 heterocycles. The molecule has 2 bridgehead atoms. The first-order chi connectivity index (χ1) is 12.8. The summed E-state index contributed by atoms with van der Waals surface area (Å²) in [5.74, 6) is 1.45. The number of carbonyl (C=O) groups is 1. The van der Waals surface area contributed by atoms with E-state index in [2.05, 4.69) is 10.6 Å². The number of nitrogens with one attached hydrogen (secondary N) is 2. The Morgan fingerprint density at radius 1 is 1.00 bits per heavy atom.